The zero-order chi connectivity index (χ0) is 30.6. The molecule has 4 aliphatic rings. The molecule has 3 saturated heterocycles. The molecule has 7 rings (SSSR count). The Kier molecular flexibility index (Phi) is 7.55. The number of benzene rings is 2. The summed E-state index contributed by atoms with van der Waals surface area (Å²) in [7, 11) is 2.17. The maximum atomic E-state index is 13.2. The Labute approximate surface area is 261 Å². The van der Waals surface area contributed by atoms with Gasteiger partial charge in [0.1, 0.15) is 18.0 Å². The standard InChI is InChI=1S/C35H46N6O3/c1-23-11-12-24-8-6-10-31(29(24)18-23)39-17-15-28-30(21-39)36-33(43-22-27-9-7-16-38(27)5)37-32(28)40-19-25-13-14-26(20-40)41(25)34(42)44-35(2,3)4/h6,8,10-12,18,25-27H,7,9,13-17,19-22H2,1-5H3/t25-,26+,27-/m0/s1. The van der Waals surface area contributed by atoms with Gasteiger partial charge < -0.3 is 24.2 Å². The maximum absolute atomic E-state index is 13.2. The SMILES string of the molecule is Cc1ccc2cccc(N3CCc4c(nc(OC[C@@H]5CCCN5C)nc4N4C[C@H]5CC[C@@H](C4)N5C(=O)OC(C)(C)C)C3)c2c1. The molecule has 1 amide bonds. The third kappa shape index (κ3) is 5.67. The summed E-state index contributed by atoms with van der Waals surface area (Å²) in [5, 5.41) is 2.53. The largest absolute Gasteiger partial charge is 0.462 e. The van der Waals surface area contributed by atoms with Crippen LogP contribution in [0.1, 0.15) is 63.3 Å². The molecule has 1 aromatic heterocycles. The third-order valence-corrected chi connectivity index (χ3v) is 9.84. The maximum Gasteiger partial charge on any atom is 0.410 e. The number of aromatic nitrogens is 2. The predicted octanol–water partition coefficient (Wildman–Crippen LogP) is 5.56. The van der Waals surface area contributed by atoms with Crippen molar-refractivity contribution in [1.82, 2.24) is 19.8 Å². The molecule has 2 bridgehead atoms. The van der Waals surface area contributed by atoms with E-state index in [9.17, 15) is 4.79 Å². The molecule has 234 valence electrons. The summed E-state index contributed by atoms with van der Waals surface area (Å²) in [6, 6.07) is 14.3. The van der Waals surface area contributed by atoms with Gasteiger partial charge >= 0.3 is 12.1 Å². The number of carbonyl (C=O) groups excluding carboxylic acids is 1. The third-order valence-electron chi connectivity index (χ3n) is 9.84. The first kappa shape index (κ1) is 29.1. The first-order chi connectivity index (χ1) is 21.1. The normalized spacial score (nSPS) is 23.8. The number of likely N-dealkylation sites (tertiary alicyclic amines) is 1. The summed E-state index contributed by atoms with van der Waals surface area (Å²) in [4.78, 5) is 32.5. The topological polar surface area (TPSA) is 74.3 Å². The van der Waals surface area contributed by atoms with Crippen molar-refractivity contribution < 1.29 is 14.3 Å². The summed E-state index contributed by atoms with van der Waals surface area (Å²) in [6.45, 7) is 12.8. The fourth-order valence-electron chi connectivity index (χ4n) is 7.62. The number of piperazine rings is 1. The van der Waals surface area contributed by atoms with E-state index in [0.717, 1.165) is 63.4 Å². The number of fused-ring (bicyclic) bond motifs is 4. The van der Waals surface area contributed by atoms with Crippen molar-refractivity contribution in [2.75, 3.05) is 49.6 Å². The lowest BCUT2D eigenvalue weighted by Crippen LogP contribution is -2.57. The van der Waals surface area contributed by atoms with Crippen LogP contribution in [0.2, 0.25) is 0 Å². The number of rotatable bonds is 5. The summed E-state index contributed by atoms with van der Waals surface area (Å²) >= 11 is 0. The van der Waals surface area contributed by atoms with Crippen LogP contribution in [0, 0.1) is 6.92 Å². The summed E-state index contributed by atoms with van der Waals surface area (Å²) in [6.07, 6.45) is 4.97. The molecule has 0 saturated carbocycles. The average Bonchev–Trinajstić information content (AvgIpc) is 3.52. The molecule has 3 fully saturated rings. The molecule has 3 atom stereocenters. The van der Waals surface area contributed by atoms with E-state index in [0.29, 0.717) is 25.2 Å². The summed E-state index contributed by atoms with van der Waals surface area (Å²) in [5.41, 5.74) is 4.26. The molecule has 0 unspecified atom stereocenters. The van der Waals surface area contributed by atoms with Gasteiger partial charge in [-0.15, -0.1) is 0 Å². The van der Waals surface area contributed by atoms with Crippen molar-refractivity contribution in [2.24, 2.45) is 0 Å². The number of amides is 1. The Hall–Kier alpha value is -3.59. The lowest BCUT2D eigenvalue weighted by Gasteiger charge is -2.43. The lowest BCUT2D eigenvalue weighted by atomic mass is 10.0. The van der Waals surface area contributed by atoms with E-state index in [1.807, 2.05) is 25.7 Å². The second-order valence-electron chi connectivity index (χ2n) is 14.2. The Bertz CT molecular complexity index is 1540. The number of anilines is 2. The van der Waals surface area contributed by atoms with Crippen molar-refractivity contribution in [3.8, 4) is 6.01 Å². The van der Waals surface area contributed by atoms with Crippen LogP contribution >= 0.6 is 0 Å². The van der Waals surface area contributed by atoms with E-state index in [1.165, 1.54) is 34.0 Å². The highest BCUT2D eigenvalue weighted by Crippen LogP contribution is 2.38. The van der Waals surface area contributed by atoms with Gasteiger partial charge in [-0.2, -0.15) is 9.97 Å². The zero-order valence-electron chi connectivity index (χ0n) is 26.9. The van der Waals surface area contributed by atoms with E-state index in [2.05, 4.69) is 65.1 Å². The summed E-state index contributed by atoms with van der Waals surface area (Å²) in [5.74, 6) is 0.985. The van der Waals surface area contributed by atoms with Crippen LogP contribution in [0.3, 0.4) is 0 Å². The van der Waals surface area contributed by atoms with Crippen molar-refractivity contribution >= 4 is 28.4 Å². The highest BCUT2D eigenvalue weighted by atomic mass is 16.6. The molecule has 3 aromatic rings. The number of carbonyl (C=O) groups is 1. The molecule has 0 spiro atoms. The molecule has 5 heterocycles. The molecule has 0 radical (unpaired) electrons. The van der Waals surface area contributed by atoms with Crippen LogP contribution < -0.4 is 14.5 Å². The number of hydrogen-bond acceptors (Lipinski definition) is 8. The number of hydrogen-bond donors (Lipinski definition) is 0. The van der Waals surface area contributed by atoms with E-state index >= 15 is 0 Å². The van der Waals surface area contributed by atoms with Crippen molar-refractivity contribution in [3.63, 3.8) is 0 Å². The van der Waals surface area contributed by atoms with Gasteiger partial charge in [0.15, 0.2) is 0 Å². The van der Waals surface area contributed by atoms with Gasteiger partial charge in [-0.3, -0.25) is 4.90 Å². The molecule has 9 nitrogen and oxygen atoms in total. The first-order valence-corrected chi connectivity index (χ1v) is 16.4. The molecule has 9 heteroatoms. The monoisotopic (exact) mass is 598 g/mol. The van der Waals surface area contributed by atoms with Gasteiger partial charge in [0.25, 0.3) is 0 Å². The fourth-order valence-corrected chi connectivity index (χ4v) is 7.62. The minimum Gasteiger partial charge on any atom is -0.462 e. The van der Waals surface area contributed by atoms with E-state index in [1.54, 1.807) is 0 Å². The smallest absolute Gasteiger partial charge is 0.410 e. The molecule has 4 aliphatic heterocycles. The van der Waals surface area contributed by atoms with Crippen LogP contribution in [0.15, 0.2) is 36.4 Å². The van der Waals surface area contributed by atoms with Gasteiger partial charge in [0.05, 0.1) is 24.3 Å². The second kappa shape index (κ2) is 11.4. The minimum atomic E-state index is -0.506. The van der Waals surface area contributed by atoms with Crippen LogP contribution in [0.4, 0.5) is 16.3 Å². The second-order valence-corrected chi connectivity index (χ2v) is 14.2. The van der Waals surface area contributed by atoms with Gasteiger partial charge in [-0.1, -0.05) is 29.8 Å². The van der Waals surface area contributed by atoms with Gasteiger partial charge in [0, 0.05) is 42.3 Å². The van der Waals surface area contributed by atoms with Gasteiger partial charge in [-0.05, 0) is 90.9 Å². The van der Waals surface area contributed by atoms with Crippen LogP contribution in [0.5, 0.6) is 6.01 Å². The highest BCUT2D eigenvalue weighted by molar-refractivity contribution is 5.95. The molecule has 0 aliphatic carbocycles. The fraction of sp³-hybridized carbons (Fsp3) is 0.571. The Balaban J connectivity index is 1.19. The highest BCUT2D eigenvalue weighted by Gasteiger charge is 2.45. The quantitative estimate of drug-likeness (QED) is 0.378. The predicted molar refractivity (Wildman–Crippen MR) is 174 cm³/mol. The number of aryl methyl sites for hydroxylation is 1. The van der Waals surface area contributed by atoms with Crippen LogP contribution in [0.25, 0.3) is 10.8 Å². The zero-order valence-corrected chi connectivity index (χ0v) is 26.9. The number of ether oxygens (including phenoxy) is 2. The molecule has 44 heavy (non-hydrogen) atoms. The van der Waals surface area contributed by atoms with Crippen molar-refractivity contribution in [1.29, 1.82) is 0 Å². The van der Waals surface area contributed by atoms with Crippen LogP contribution in [-0.2, 0) is 17.7 Å². The van der Waals surface area contributed by atoms with E-state index in [4.69, 9.17) is 19.4 Å². The van der Waals surface area contributed by atoms with E-state index < -0.39 is 5.60 Å². The van der Waals surface area contributed by atoms with Crippen LogP contribution in [-0.4, -0.2) is 89.4 Å². The van der Waals surface area contributed by atoms with E-state index in [-0.39, 0.29) is 18.2 Å². The average molecular weight is 599 g/mol. The molecule has 0 N–H and O–H groups in total. The Morgan fingerprint density at radius 3 is 2.52 bits per heavy atom. The minimum absolute atomic E-state index is 0.115. The van der Waals surface area contributed by atoms with Gasteiger partial charge in [0.2, 0.25) is 0 Å². The Morgan fingerprint density at radius 2 is 1.80 bits per heavy atom. The Morgan fingerprint density at radius 1 is 1.00 bits per heavy atom. The number of nitrogens with zero attached hydrogens (tertiary/aromatic N) is 6. The van der Waals surface area contributed by atoms with Crippen molar-refractivity contribution in [2.45, 2.75) is 90.1 Å². The molecular formula is C35H46N6O3. The first-order valence-electron chi connectivity index (χ1n) is 16.4. The lowest BCUT2D eigenvalue weighted by molar-refractivity contribution is 0.0122. The molecular weight excluding hydrogens is 552 g/mol. The van der Waals surface area contributed by atoms with Gasteiger partial charge in [-0.25, -0.2) is 4.79 Å². The number of likely N-dealkylation sites (N-methyl/N-ethyl adjacent to an activating group) is 1. The van der Waals surface area contributed by atoms with Crippen molar-refractivity contribution in [3.05, 3.63) is 53.2 Å². The summed E-state index contributed by atoms with van der Waals surface area (Å²) < 4.78 is 12.2. The molecule has 2 aromatic carbocycles.